The van der Waals surface area contributed by atoms with E-state index in [4.69, 9.17) is 24.2 Å². The van der Waals surface area contributed by atoms with Gasteiger partial charge < -0.3 is 23.7 Å². The van der Waals surface area contributed by atoms with E-state index >= 15 is 0 Å². The zero-order valence-corrected chi connectivity index (χ0v) is 16.3. The van der Waals surface area contributed by atoms with Gasteiger partial charge in [0.2, 0.25) is 0 Å². The number of benzene rings is 2. The molecule has 0 bridgehead atoms. The monoisotopic (exact) mass is 397 g/mol. The number of carbonyl (C=O) groups is 2. The number of carbonyl (C=O) groups excluding carboxylic acids is 2. The van der Waals surface area contributed by atoms with Crippen molar-refractivity contribution in [2.75, 3.05) is 28.4 Å². The number of rotatable bonds is 7. The lowest BCUT2D eigenvalue weighted by Gasteiger charge is -2.14. The second-order valence-electron chi connectivity index (χ2n) is 5.50. The van der Waals surface area contributed by atoms with Gasteiger partial charge in [-0.05, 0) is 35.9 Å². The first-order chi connectivity index (χ1) is 14.0. The Kier molecular flexibility index (Phi) is 7.20. The number of hydrogen-bond acceptors (Lipinski definition) is 8. The first-order valence-corrected chi connectivity index (χ1v) is 8.30. The van der Waals surface area contributed by atoms with Gasteiger partial charge in [-0.3, -0.25) is 0 Å². The van der Waals surface area contributed by atoms with E-state index in [1.807, 2.05) is 0 Å². The van der Waals surface area contributed by atoms with Gasteiger partial charge in [0.25, 0.3) is 0 Å². The van der Waals surface area contributed by atoms with Crippen molar-refractivity contribution in [2.45, 2.75) is 0 Å². The smallest absolute Gasteiger partial charge is 0.351 e. The number of nitrogens with zero attached hydrogens (tertiary/aromatic N) is 1. The Bertz CT molecular complexity index is 967. The molecule has 0 unspecified atom stereocenters. The van der Waals surface area contributed by atoms with Crippen LogP contribution >= 0.6 is 0 Å². The Morgan fingerprint density at radius 2 is 1.52 bits per heavy atom. The lowest BCUT2D eigenvalue weighted by Crippen LogP contribution is -2.12. The third-order valence-corrected chi connectivity index (χ3v) is 3.86. The summed E-state index contributed by atoms with van der Waals surface area (Å²) in [6.45, 7) is 0. The quantitative estimate of drug-likeness (QED) is 0.304. The van der Waals surface area contributed by atoms with Crippen LogP contribution in [0.5, 0.6) is 23.0 Å². The molecule has 0 heterocycles. The predicted octanol–water partition coefficient (Wildman–Crippen LogP) is 3.01. The van der Waals surface area contributed by atoms with E-state index < -0.39 is 11.9 Å². The molecular formula is C21H19NO7. The van der Waals surface area contributed by atoms with Crippen LogP contribution in [0.3, 0.4) is 0 Å². The number of ether oxygens (including phenoxy) is 5. The van der Waals surface area contributed by atoms with E-state index in [0.29, 0.717) is 17.1 Å². The fraction of sp³-hybridized carbons (Fsp3) is 0.190. The van der Waals surface area contributed by atoms with Crippen LogP contribution in [0.2, 0.25) is 0 Å². The highest BCUT2D eigenvalue weighted by Crippen LogP contribution is 2.33. The summed E-state index contributed by atoms with van der Waals surface area (Å²) in [6, 6.07) is 11.2. The molecule has 0 aromatic heterocycles. The van der Waals surface area contributed by atoms with E-state index in [1.54, 1.807) is 30.3 Å². The van der Waals surface area contributed by atoms with E-state index in [-0.39, 0.29) is 22.6 Å². The molecule has 0 aliphatic heterocycles. The number of hydrogen-bond donors (Lipinski definition) is 0. The Morgan fingerprint density at radius 3 is 2.03 bits per heavy atom. The molecule has 2 aromatic rings. The van der Waals surface area contributed by atoms with Gasteiger partial charge in [0, 0.05) is 0 Å². The maximum absolute atomic E-state index is 12.7. The molecule has 0 N–H and O–H groups in total. The molecule has 2 rings (SSSR count). The molecule has 8 nitrogen and oxygen atoms in total. The Labute approximate surface area is 167 Å². The van der Waals surface area contributed by atoms with Gasteiger partial charge in [-0.1, -0.05) is 12.1 Å². The average Bonchev–Trinajstić information content (AvgIpc) is 2.76. The van der Waals surface area contributed by atoms with Crippen LogP contribution in [0, 0.1) is 11.3 Å². The summed E-state index contributed by atoms with van der Waals surface area (Å²) in [5.41, 5.74) is 0.428. The van der Waals surface area contributed by atoms with Crippen molar-refractivity contribution < 1.29 is 33.3 Å². The fourth-order valence-corrected chi connectivity index (χ4v) is 2.48. The number of methoxy groups -OCH3 is 4. The average molecular weight is 397 g/mol. The van der Waals surface area contributed by atoms with Crippen molar-refractivity contribution in [3.63, 3.8) is 0 Å². The van der Waals surface area contributed by atoms with Gasteiger partial charge in [0.1, 0.15) is 28.7 Å². The van der Waals surface area contributed by atoms with Gasteiger partial charge in [0.05, 0.1) is 28.4 Å². The van der Waals surface area contributed by atoms with Crippen molar-refractivity contribution in [2.24, 2.45) is 0 Å². The number of esters is 2. The Balaban J connectivity index is 2.38. The SMILES string of the molecule is COC(=O)C(C#N)=Cc1ccc(OC(=O)c2c(OC)cccc2OC)c(OC)c1. The normalized spacial score (nSPS) is 10.5. The second kappa shape index (κ2) is 9.80. The van der Waals surface area contributed by atoms with Gasteiger partial charge in [-0.15, -0.1) is 0 Å². The molecule has 8 heteroatoms. The van der Waals surface area contributed by atoms with Crippen LogP contribution in [0.25, 0.3) is 6.08 Å². The fourth-order valence-electron chi connectivity index (χ4n) is 2.48. The summed E-state index contributed by atoms with van der Waals surface area (Å²) in [7, 11) is 5.45. The van der Waals surface area contributed by atoms with Crippen LogP contribution in [0.4, 0.5) is 0 Å². The van der Waals surface area contributed by atoms with Gasteiger partial charge in [-0.25, -0.2) is 9.59 Å². The molecule has 0 saturated carbocycles. The van der Waals surface area contributed by atoms with Crippen molar-refractivity contribution >= 4 is 18.0 Å². The molecule has 0 fully saturated rings. The minimum absolute atomic E-state index is 0.126. The summed E-state index contributed by atoms with van der Waals surface area (Å²) >= 11 is 0. The molecule has 0 saturated heterocycles. The lowest BCUT2D eigenvalue weighted by molar-refractivity contribution is -0.135. The second-order valence-corrected chi connectivity index (χ2v) is 5.50. The van der Waals surface area contributed by atoms with Crippen molar-refractivity contribution in [1.29, 1.82) is 5.26 Å². The molecular weight excluding hydrogens is 378 g/mol. The molecule has 0 aliphatic rings. The van der Waals surface area contributed by atoms with Crippen LogP contribution in [-0.4, -0.2) is 40.4 Å². The van der Waals surface area contributed by atoms with Crippen molar-refractivity contribution in [1.82, 2.24) is 0 Å². The molecule has 0 atom stereocenters. The van der Waals surface area contributed by atoms with E-state index in [0.717, 1.165) is 0 Å². The van der Waals surface area contributed by atoms with Crippen molar-refractivity contribution in [3.8, 4) is 29.1 Å². The summed E-state index contributed by atoms with van der Waals surface area (Å²) in [4.78, 5) is 24.3. The van der Waals surface area contributed by atoms with Gasteiger partial charge in [-0.2, -0.15) is 5.26 Å². The molecule has 2 aromatic carbocycles. The van der Waals surface area contributed by atoms with Crippen LogP contribution in [0.15, 0.2) is 42.0 Å². The molecule has 0 amide bonds. The van der Waals surface area contributed by atoms with Crippen LogP contribution in [0.1, 0.15) is 15.9 Å². The zero-order chi connectivity index (χ0) is 21.4. The maximum Gasteiger partial charge on any atom is 0.351 e. The summed E-state index contributed by atoms with van der Waals surface area (Å²) in [5.74, 6) is -0.505. The first kappa shape index (κ1) is 21.3. The molecule has 0 spiro atoms. The predicted molar refractivity (Wildman–Crippen MR) is 103 cm³/mol. The molecule has 29 heavy (non-hydrogen) atoms. The molecule has 0 aliphatic carbocycles. The third kappa shape index (κ3) is 4.84. The molecule has 150 valence electrons. The minimum atomic E-state index is -0.759. The third-order valence-electron chi connectivity index (χ3n) is 3.86. The van der Waals surface area contributed by atoms with Crippen molar-refractivity contribution in [3.05, 3.63) is 53.1 Å². The van der Waals surface area contributed by atoms with Crippen LogP contribution < -0.4 is 18.9 Å². The van der Waals surface area contributed by atoms with E-state index in [2.05, 4.69) is 4.74 Å². The summed E-state index contributed by atoms with van der Waals surface area (Å²) < 4.78 is 25.7. The zero-order valence-electron chi connectivity index (χ0n) is 16.3. The Morgan fingerprint density at radius 1 is 0.897 bits per heavy atom. The summed E-state index contributed by atoms with van der Waals surface area (Å²) in [5, 5.41) is 9.07. The maximum atomic E-state index is 12.7. The van der Waals surface area contributed by atoms with E-state index in [1.165, 1.54) is 46.6 Å². The first-order valence-electron chi connectivity index (χ1n) is 8.30. The topological polar surface area (TPSA) is 104 Å². The van der Waals surface area contributed by atoms with Gasteiger partial charge >= 0.3 is 11.9 Å². The van der Waals surface area contributed by atoms with Crippen LogP contribution in [-0.2, 0) is 9.53 Å². The molecule has 0 radical (unpaired) electrons. The largest absolute Gasteiger partial charge is 0.496 e. The van der Waals surface area contributed by atoms with Gasteiger partial charge in [0.15, 0.2) is 11.5 Å². The Hall–Kier alpha value is -3.99. The minimum Gasteiger partial charge on any atom is -0.496 e. The number of nitriles is 1. The lowest BCUT2D eigenvalue weighted by atomic mass is 10.1. The highest BCUT2D eigenvalue weighted by Gasteiger charge is 2.22. The highest BCUT2D eigenvalue weighted by molar-refractivity contribution is 5.98. The summed E-state index contributed by atoms with van der Waals surface area (Å²) in [6.07, 6.45) is 1.34. The van der Waals surface area contributed by atoms with E-state index in [9.17, 15) is 9.59 Å². The standard InChI is InChI=1S/C21H19NO7/c1-25-16-6-5-7-17(26-2)19(16)21(24)29-15-9-8-13(11-18(15)27-3)10-14(12-22)20(23)28-4/h5-11H,1-4H3. The highest BCUT2D eigenvalue weighted by atomic mass is 16.6.